The first-order chi connectivity index (χ1) is 43.0. The zero-order valence-corrected chi connectivity index (χ0v) is 58.6. The van der Waals surface area contributed by atoms with Gasteiger partial charge in [-0.2, -0.15) is 0 Å². The van der Waals surface area contributed by atoms with Crippen molar-refractivity contribution in [2.24, 2.45) is 0 Å². The molecule has 9 rings (SSSR count). The van der Waals surface area contributed by atoms with Crippen molar-refractivity contribution in [1.82, 2.24) is 60.5 Å². The summed E-state index contributed by atoms with van der Waals surface area (Å²) in [5, 5.41) is 11.6. The molecule has 8 saturated heterocycles. The van der Waals surface area contributed by atoms with Crippen LogP contribution in [0, 0.1) is 0 Å². The third-order valence-electron chi connectivity index (χ3n) is 22.4. The summed E-state index contributed by atoms with van der Waals surface area (Å²) in [6.07, 6.45) is 2.14. The van der Waals surface area contributed by atoms with Gasteiger partial charge in [0.25, 0.3) is 23.6 Å². The van der Waals surface area contributed by atoms with Crippen molar-refractivity contribution >= 4 is 71.6 Å². The van der Waals surface area contributed by atoms with Crippen molar-refractivity contribution in [2.45, 2.75) is 229 Å². The largest absolute Gasteiger partial charge is 0.460 e. The van der Waals surface area contributed by atoms with Crippen molar-refractivity contribution in [3.8, 4) is 0 Å². The Morgan fingerprint density at radius 1 is 0.309 bits per heavy atom. The predicted molar refractivity (Wildman–Crippen MR) is 340 cm³/mol. The Bertz CT molecular complexity index is 2920. The molecular formula is C66H98N12O16. The van der Waals surface area contributed by atoms with Gasteiger partial charge in [0.15, 0.2) is 0 Å². The van der Waals surface area contributed by atoms with Crippen molar-refractivity contribution in [3.05, 3.63) is 34.4 Å². The Morgan fingerprint density at radius 3 is 0.606 bits per heavy atom. The average Bonchev–Trinajstić information content (AvgIpc) is 1.56. The molecule has 0 bridgehead atoms. The van der Waals surface area contributed by atoms with Gasteiger partial charge in [-0.1, -0.05) is 0 Å². The molecule has 0 saturated carbocycles. The van der Waals surface area contributed by atoms with Crippen LogP contribution in [0.4, 0.5) is 19.2 Å². The number of hydrogen-bond donors (Lipinski definition) is 4. The Kier molecular flexibility index (Phi) is 17.5. The van der Waals surface area contributed by atoms with Crippen molar-refractivity contribution in [3.63, 3.8) is 0 Å². The number of amides is 12. The van der Waals surface area contributed by atoms with Crippen LogP contribution in [0.25, 0.3) is 0 Å². The maximum Gasteiger partial charge on any atom is 0.339 e. The summed E-state index contributed by atoms with van der Waals surface area (Å²) in [4.78, 5) is 183. The molecule has 8 heterocycles. The fourth-order valence-corrected chi connectivity index (χ4v) is 17.4. The van der Waals surface area contributed by atoms with E-state index in [0.717, 1.165) is 31.7 Å². The Hall–Kier alpha value is -7.30. The van der Waals surface area contributed by atoms with E-state index in [1.165, 1.54) is 0 Å². The first kappa shape index (κ1) is 71.0. The number of esters is 4. The highest BCUT2D eigenvalue weighted by Gasteiger charge is 2.65. The number of urea groups is 4. The molecule has 0 atom stereocenters. The second-order valence-corrected chi connectivity index (χ2v) is 32.5. The molecule has 28 nitrogen and oxygen atoms in total. The topological polar surface area (TPSA) is 316 Å². The first-order valence-corrected chi connectivity index (χ1v) is 32.4. The van der Waals surface area contributed by atoms with Crippen LogP contribution in [0.3, 0.4) is 0 Å². The zero-order valence-electron chi connectivity index (χ0n) is 58.6. The number of carbonyl (C=O) groups is 12. The number of piperidine rings is 4. The van der Waals surface area contributed by atoms with E-state index in [-0.39, 0.29) is 51.4 Å². The highest BCUT2D eigenvalue weighted by atomic mass is 16.5. The molecule has 4 N–H and O–H groups in total. The summed E-state index contributed by atoms with van der Waals surface area (Å²) in [5.41, 5.74) is -12.2. The molecule has 1 aromatic carbocycles. The summed E-state index contributed by atoms with van der Waals surface area (Å²) in [6, 6.07) is -1.24. The number of nitrogens with zero attached hydrogens (tertiary/aromatic N) is 8. The average molecular weight is 1320 g/mol. The maximum absolute atomic E-state index is 14.7. The zero-order chi connectivity index (χ0) is 70.2. The molecule has 0 unspecified atom stereocenters. The van der Waals surface area contributed by atoms with E-state index >= 15 is 0 Å². The molecule has 4 spiro atoms. The minimum atomic E-state index is -1.31. The van der Waals surface area contributed by atoms with E-state index in [4.69, 9.17) is 18.9 Å². The van der Waals surface area contributed by atoms with Gasteiger partial charge in [-0.3, -0.25) is 58.4 Å². The molecule has 8 aliphatic heterocycles. The van der Waals surface area contributed by atoms with E-state index in [0.29, 0.717) is 0 Å². The number of nitrogens with one attached hydrogen (secondary N) is 4. The van der Waals surface area contributed by atoms with Gasteiger partial charge in [0.2, 0.25) is 0 Å². The van der Waals surface area contributed by atoms with Crippen LogP contribution < -0.4 is 21.3 Å². The van der Waals surface area contributed by atoms with E-state index in [2.05, 4.69) is 40.9 Å². The van der Waals surface area contributed by atoms with Gasteiger partial charge < -0.3 is 40.2 Å². The van der Waals surface area contributed by atoms with E-state index in [1.54, 1.807) is 0 Å². The summed E-state index contributed by atoms with van der Waals surface area (Å²) in [6.45, 7) is 27.1. The number of ether oxygens (including phenoxy) is 4. The molecule has 0 aromatic heterocycles. The standard InChI is InChI=1S/C66H98N12O16/c1-55(2)31-63(32-56(3,4)71(55)17)47(83)75(51(87)67-63)21-25-91-43(79)39-29-41(45(81)93-27-23-77-49(85)65(69-53(77)89)35-59(9,10)73(19)60(11,12)36-65)42(46(82)94-28-24-78-50(86)66(70-54(78)90)37-61(13,14)74(20)62(15,16)38-66)30-40(39)44(80)92-26-22-76-48(84)64(68-52(76)88)33-57(5,6)72(18)58(7,8)34-64/h29-30H,21-28,31-38H2,1-20H3,(H,67,87)(H,68,88)(H,69,89)(H,70,90). The first-order valence-electron chi connectivity index (χ1n) is 32.4. The van der Waals surface area contributed by atoms with Gasteiger partial charge in [-0.05, 0) is 202 Å². The van der Waals surface area contributed by atoms with Crippen LogP contribution in [0.2, 0.25) is 0 Å². The second kappa shape index (κ2) is 23.2. The van der Waals surface area contributed by atoms with Crippen molar-refractivity contribution in [2.75, 3.05) is 80.8 Å². The van der Waals surface area contributed by atoms with Gasteiger partial charge in [-0.15, -0.1) is 0 Å². The summed E-state index contributed by atoms with van der Waals surface area (Å²) in [5.74, 6) is -7.39. The lowest BCUT2D eigenvalue weighted by Crippen LogP contribution is -2.68. The summed E-state index contributed by atoms with van der Waals surface area (Å²) >= 11 is 0. The molecule has 28 heteroatoms. The van der Waals surface area contributed by atoms with Gasteiger partial charge in [-0.25, -0.2) is 38.4 Å². The van der Waals surface area contributed by atoms with Crippen LogP contribution in [-0.2, 0) is 38.1 Å². The Balaban J connectivity index is 1.01. The third kappa shape index (κ3) is 12.2. The van der Waals surface area contributed by atoms with E-state index in [1.807, 2.05) is 139 Å². The number of rotatable bonds is 16. The molecule has 1 aromatic rings. The lowest BCUT2D eigenvalue weighted by atomic mass is 9.69. The van der Waals surface area contributed by atoms with Crippen LogP contribution >= 0.6 is 0 Å². The number of benzene rings is 1. The van der Waals surface area contributed by atoms with Gasteiger partial charge in [0.1, 0.15) is 48.6 Å². The van der Waals surface area contributed by atoms with Crippen LogP contribution in [0.15, 0.2) is 12.1 Å². The summed E-state index contributed by atoms with van der Waals surface area (Å²) < 4.78 is 22.9. The predicted octanol–water partition coefficient (Wildman–Crippen LogP) is 4.61. The minimum absolute atomic E-state index is 0.267. The van der Waals surface area contributed by atoms with E-state index in [9.17, 15) is 57.5 Å². The monoisotopic (exact) mass is 1310 g/mol. The second-order valence-electron chi connectivity index (χ2n) is 32.5. The van der Waals surface area contributed by atoms with Gasteiger partial charge in [0.05, 0.1) is 48.4 Å². The molecule has 8 aliphatic rings. The SMILES string of the molecule is CN1C(C)(C)CC2(CC1(C)C)NC(=O)N(CCOC(=O)c1cc(C(=O)OCCN3C(=O)NC4(CC(C)(C)N(C)C(C)(C)C4)C3=O)c(C(=O)OCCN3C(=O)NC4(CC(C)(C)N(C)C(C)(C)C4)C3=O)cc1C(=O)OCCN1C(=O)NC3(CC(C)(C)N(C)C(C)(C)C3)C1=O)C2=O. The lowest BCUT2D eigenvalue weighted by molar-refractivity contribution is -0.140. The van der Waals surface area contributed by atoms with Gasteiger partial charge in [0, 0.05) is 44.3 Å². The fraction of sp³-hybridized carbons (Fsp3) is 0.727. The van der Waals surface area contributed by atoms with Gasteiger partial charge >= 0.3 is 48.0 Å². The highest BCUT2D eigenvalue weighted by Crippen LogP contribution is 2.49. The third-order valence-corrected chi connectivity index (χ3v) is 22.4. The molecule has 0 radical (unpaired) electrons. The lowest BCUT2D eigenvalue weighted by Gasteiger charge is -2.56. The maximum atomic E-state index is 14.7. The van der Waals surface area contributed by atoms with Crippen molar-refractivity contribution < 1.29 is 76.5 Å². The smallest absolute Gasteiger partial charge is 0.339 e. The fourth-order valence-electron chi connectivity index (χ4n) is 17.4. The quantitative estimate of drug-likeness (QED) is 0.0998. The normalized spacial score (nSPS) is 25.8. The molecule has 12 amide bonds. The molecule has 0 aliphatic carbocycles. The van der Waals surface area contributed by atoms with Crippen LogP contribution in [-0.4, -0.2) is 258 Å². The summed E-state index contributed by atoms with van der Waals surface area (Å²) in [7, 11) is 7.79. The Labute approximate surface area is 550 Å². The number of carbonyl (C=O) groups excluding carboxylic acids is 12. The molecule has 518 valence electrons. The molecule has 94 heavy (non-hydrogen) atoms. The Morgan fingerprint density at radius 2 is 0.457 bits per heavy atom. The number of hydrogen-bond acceptors (Lipinski definition) is 20. The number of likely N-dealkylation sites (tertiary alicyclic amines) is 4. The van der Waals surface area contributed by atoms with Crippen LogP contribution in [0.5, 0.6) is 0 Å². The minimum Gasteiger partial charge on any atom is -0.460 e. The highest BCUT2D eigenvalue weighted by molar-refractivity contribution is 6.12. The van der Waals surface area contributed by atoms with Crippen molar-refractivity contribution in [1.29, 1.82) is 0 Å². The van der Waals surface area contributed by atoms with E-state index < -0.39 is 213 Å². The molecular weight excluding hydrogens is 1220 g/mol. The molecule has 8 fully saturated rings. The van der Waals surface area contributed by atoms with Crippen LogP contribution in [0.1, 0.15) is 204 Å². The number of imide groups is 4.